The lowest BCUT2D eigenvalue weighted by molar-refractivity contribution is 0.224. The van der Waals surface area contributed by atoms with Crippen LogP contribution in [0.15, 0.2) is 30.5 Å². The number of hydrogen-bond acceptors (Lipinski definition) is 3. The third-order valence-electron chi connectivity index (χ3n) is 5.64. The van der Waals surface area contributed by atoms with Crippen molar-refractivity contribution in [2.75, 3.05) is 18.9 Å². The van der Waals surface area contributed by atoms with Crippen LogP contribution in [0.1, 0.15) is 32.8 Å². The molecule has 0 amide bonds. The molecule has 0 saturated heterocycles. The molecule has 1 heterocycles. The molecule has 144 valence electrons. The second kappa shape index (κ2) is 10.0. The summed E-state index contributed by atoms with van der Waals surface area (Å²) in [4.78, 5) is 7.37. The summed E-state index contributed by atoms with van der Waals surface area (Å²) in [5, 5.41) is 11.9. The number of fused-ring (bicyclic) bond motifs is 1. The third kappa shape index (κ3) is 5.67. The van der Waals surface area contributed by atoms with Gasteiger partial charge in [0.15, 0.2) is 0 Å². The van der Waals surface area contributed by atoms with E-state index >= 15 is 0 Å². The Bertz CT molecular complexity index is 709. The van der Waals surface area contributed by atoms with Crippen molar-refractivity contribution in [3.8, 4) is 5.75 Å². The summed E-state index contributed by atoms with van der Waals surface area (Å²) in [7, 11) is 2.21. The van der Waals surface area contributed by atoms with Gasteiger partial charge in [-0.05, 0) is 75.0 Å². The van der Waals surface area contributed by atoms with Gasteiger partial charge in [0.2, 0.25) is 0 Å². The van der Waals surface area contributed by atoms with Crippen LogP contribution in [-0.4, -0.2) is 44.8 Å². The van der Waals surface area contributed by atoms with Gasteiger partial charge in [-0.1, -0.05) is 45.7 Å². The largest absolute Gasteiger partial charge is 0.508 e. The van der Waals surface area contributed by atoms with Gasteiger partial charge in [0.05, 0.1) is 5.52 Å². The number of pyridine rings is 1. The number of phenolic OH excluding ortho intramolecular Hbond substituents is 1. The zero-order valence-corrected chi connectivity index (χ0v) is 19.3. The molecule has 0 aliphatic heterocycles. The van der Waals surface area contributed by atoms with E-state index in [9.17, 15) is 5.11 Å². The molecule has 26 heavy (non-hydrogen) atoms. The summed E-state index contributed by atoms with van der Waals surface area (Å²) in [6, 6.07) is 7.90. The van der Waals surface area contributed by atoms with Gasteiger partial charge < -0.3 is 10.0 Å². The van der Waals surface area contributed by atoms with Crippen LogP contribution >= 0.6 is 31.9 Å². The summed E-state index contributed by atoms with van der Waals surface area (Å²) in [6.07, 6.45) is 4.00. The van der Waals surface area contributed by atoms with E-state index in [1.54, 1.807) is 6.07 Å². The van der Waals surface area contributed by atoms with Crippen LogP contribution in [0.25, 0.3) is 10.9 Å². The van der Waals surface area contributed by atoms with Crippen molar-refractivity contribution in [2.24, 2.45) is 11.8 Å². The first-order chi connectivity index (χ1) is 12.3. The quantitative estimate of drug-likeness (QED) is 0.468. The molecule has 0 radical (unpaired) electrons. The highest BCUT2D eigenvalue weighted by molar-refractivity contribution is 9.12. The number of phenols is 1. The highest BCUT2D eigenvalue weighted by Crippen LogP contribution is 2.26. The molecular formula is C21H30Br2N2O. The van der Waals surface area contributed by atoms with Crippen LogP contribution in [-0.2, 0) is 6.42 Å². The number of likely N-dealkylation sites (N-methyl/N-ethyl adjacent to an activating group) is 1. The molecular weight excluding hydrogens is 456 g/mol. The average Bonchev–Trinajstić information content (AvgIpc) is 2.64. The van der Waals surface area contributed by atoms with Crippen LogP contribution in [0.3, 0.4) is 0 Å². The molecule has 1 N–H and O–H groups in total. The van der Waals surface area contributed by atoms with Crippen LogP contribution in [0.4, 0.5) is 0 Å². The lowest BCUT2D eigenvalue weighted by Gasteiger charge is -2.29. The van der Waals surface area contributed by atoms with Crippen LogP contribution < -0.4 is 0 Å². The Kier molecular flexibility index (Phi) is 8.37. The van der Waals surface area contributed by atoms with E-state index < -0.39 is 0 Å². The maximum Gasteiger partial charge on any atom is 0.116 e. The normalized spacial score (nSPS) is 16.6. The first kappa shape index (κ1) is 21.6. The highest BCUT2D eigenvalue weighted by Gasteiger charge is 2.21. The molecule has 3 unspecified atom stereocenters. The van der Waals surface area contributed by atoms with Crippen LogP contribution in [0, 0.1) is 11.8 Å². The number of halogens is 2. The van der Waals surface area contributed by atoms with Crippen LogP contribution in [0.5, 0.6) is 5.75 Å². The monoisotopic (exact) mass is 484 g/mol. The van der Waals surface area contributed by atoms with E-state index in [1.807, 2.05) is 18.3 Å². The summed E-state index contributed by atoms with van der Waals surface area (Å²) in [5.41, 5.74) is 2.18. The van der Waals surface area contributed by atoms with Crippen molar-refractivity contribution < 1.29 is 5.11 Å². The Hall–Kier alpha value is -0.650. The molecule has 0 saturated carbocycles. The molecule has 5 heteroatoms. The summed E-state index contributed by atoms with van der Waals surface area (Å²) in [5.74, 6) is 1.61. The molecule has 0 aliphatic rings. The van der Waals surface area contributed by atoms with Crippen molar-refractivity contribution in [3.63, 3.8) is 0 Å². The molecule has 0 fully saturated rings. The van der Waals surface area contributed by atoms with Crippen molar-refractivity contribution in [1.82, 2.24) is 9.88 Å². The number of nitrogens with zero attached hydrogens (tertiary/aromatic N) is 2. The van der Waals surface area contributed by atoms with Crippen molar-refractivity contribution >= 4 is 42.8 Å². The van der Waals surface area contributed by atoms with E-state index in [2.05, 4.69) is 75.6 Å². The summed E-state index contributed by atoms with van der Waals surface area (Å²) in [6.45, 7) is 8.03. The lowest BCUT2D eigenvalue weighted by Crippen LogP contribution is -2.33. The minimum atomic E-state index is 0.298. The number of rotatable bonds is 9. The Labute approximate surface area is 174 Å². The standard InChI is InChI=1S/C21H30Br2N2O/c1-14(16(3)20(23)13-22)8-10-25(4)15(2)11-17-7-9-24-21-6-5-18(26)12-19(17)21/h5-7,9,12,14-16,20,26H,8,10-11,13H2,1-4H3/t14?,15-,16?,20?/m1/s1. The lowest BCUT2D eigenvalue weighted by atomic mass is 9.90. The molecule has 3 nitrogen and oxygen atoms in total. The molecule has 0 aliphatic carbocycles. The first-order valence-corrected chi connectivity index (χ1v) is 11.3. The molecule has 2 aromatic rings. The van der Waals surface area contributed by atoms with Gasteiger partial charge in [-0.25, -0.2) is 0 Å². The zero-order valence-electron chi connectivity index (χ0n) is 16.1. The molecule has 2 rings (SSSR count). The number of aromatic hydroxyl groups is 1. The molecule has 1 aromatic heterocycles. The third-order valence-corrected chi connectivity index (χ3v) is 8.36. The molecule has 1 aromatic carbocycles. The summed E-state index contributed by atoms with van der Waals surface area (Å²) >= 11 is 7.33. The first-order valence-electron chi connectivity index (χ1n) is 9.30. The Morgan fingerprint density at radius 2 is 1.92 bits per heavy atom. The van der Waals surface area contributed by atoms with Gasteiger partial charge in [-0.15, -0.1) is 0 Å². The smallest absolute Gasteiger partial charge is 0.116 e. The van der Waals surface area contributed by atoms with Crippen molar-refractivity contribution in [2.45, 2.75) is 44.5 Å². The second-order valence-corrected chi connectivity index (χ2v) is 9.32. The van der Waals surface area contributed by atoms with Gasteiger partial charge in [-0.2, -0.15) is 0 Å². The van der Waals surface area contributed by atoms with Gasteiger partial charge in [0.1, 0.15) is 5.75 Å². The fourth-order valence-corrected chi connectivity index (χ4v) is 4.34. The highest BCUT2D eigenvalue weighted by atomic mass is 79.9. The predicted molar refractivity (Wildman–Crippen MR) is 119 cm³/mol. The second-order valence-electron chi connectivity index (χ2n) is 7.50. The van der Waals surface area contributed by atoms with Gasteiger partial charge in [0, 0.05) is 27.8 Å². The SMILES string of the molecule is CC(CCN(C)[C@H](C)Cc1ccnc2ccc(O)cc12)C(C)C(Br)CBr. The van der Waals surface area contributed by atoms with Gasteiger partial charge in [0.25, 0.3) is 0 Å². The van der Waals surface area contributed by atoms with Gasteiger partial charge in [-0.3, -0.25) is 4.98 Å². The Morgan fingerprint density at radius 3 is 2.62 bits per heavy atom. The van der Waals surface area contributed by atoms with Crippen LogP contribution in [0.2, 0.25) is 0 Å². The Morgan fingerprint density at radius 1 is 1.19 bits per heavy atom. The predicted octanol–water partition coefficient (Wildman–Crippen LogP) is 5.62. The minimum absolute atomic E-state index is 0.298. The number of aromatic nitrogens is 1. The minimum Gasteiger partial charge on any atom is -0.508 e. The van der Waals surface area contributed by atoms with E-state index in [1.165, 1.54) is 12.0 Å². The average molecular weight is 486 g/mol. The maximum atomic E-state index is 9.81. The van der Waals surface area contributed by atoms with E-state index in [0.29, 0.717) is 28.5 Å². The van der Waals surface area contributed by atoms with Crippen molar-refractivity contribution in [3.05, 3.63) is 36.0 Å². The molecule has 4 atom stereocenters. The maximum absolute atomic E-state index is 9.81. The van der Waals surface area contributed by atoms with E-state index in [-0.39, 0.29) is 0 Å². The fraction of sp³-hybridized carbons (Fsp3) is 0.571. The number of benzene rings is 1. The van der Waals surface area contributed by atoms with E-state index in [0.717, 1.165) is 29.2 Å². The fourth-order valence-electron chi connectivity index (χ4n) is 3.23. The number of hydrogen-bond donors (Lipinski definition) is 1. The summed E-state index contributed by atoms with van der Waals surface area (Å²) < 4.78 is 0. The number of alkyl halides is 2. The van der Waals surface area contributed by atoms with Crippen molar-refractivity contribution in [1.29, 1.82) is 0 Å². The van der Waals surface area contributed by atoms with E-state index in [4.69, 9.17) is 0 Å². The topological polar surface area (TPSA) is 36.4 Å². The van der Waals surface area contributed by atoms with Gasteiger partial charge >= 0.3 is 0 Å². The molecule has 0 bridgehead atoms. The Balaban J connectivity index is 1.97. The molecule has 0 spiro atoms. The zero-order chi connectivity index (χ0) is 19.3.